The number of rotatable bonds is 8. The molecule has 0 aliphatic carbocycles. The Morgan fingerprint density at radius 1 is 1.39 bits per heavy atom. The molecule has 23 heavy (non-hydrogen) atoms. The molecule has 0 saturated carbocycles. The SMILES string of the molecule is CCCOc1c(Cl)cc(CN2CCC(C(=O)O)C2)cc1OCC. The molecule has 1 atom stereocenters. The van der Waals surface area contributed by atoms with Crippen LogP contribution >= 0.6 is 11.6 Å². The van der Waals surface area contributed by atoms with E-state index in [2.05, 4.69) is 4.90 Å². The Kier molecular flexibility index (Phi) is 6.54. The van der Waals surface area contributed by atoms with Crippen molar-refractivity contribution in [2.45, 2.75) is 33.2 Å². The van der Waals surface area contributed by atoms with Crippen LogP contribution in [-0.4, -0.2) is 42.3 Å². The Hall–Kier alpha value is -1.46. The maximum Gasteiger partial charge on any atom is 0.307 e. The standard InChI is InChI=1S/C17H24ClNO4/c1-3-7-23-16-14(18)8-12(9-15(16)22-4-2)10-19-6-5-13(11-19)17(20)21/h8-9,13H,3-7,10-11H2,1-2H3,(H,20,21). The third-order valence-corrected chi connectivity index (χ3v) is 4.13. The molecule has 1 N–H and O–H groups in total. The van der Waals surface area contributed by atoms with Crippen LogP contribution in [0.3, 0.4) is 0 Å². The van der Waals surface area contributed by atoms with Gasteiger partial charge in [0.2, 0.25) is 0 Å². The number of hydrogen-bond donors (Lipinski definition) is 1. The molecule has 1 unspecified atom stereocenters. The van der Waals surface area contributed by atoms with Crippen LogP contribution in [0, 0.1) is 5.92 Å². The number of carboxylic acids is 1. The number of nitrogens with zero attached hydrogens (tertiary/aromatic N) is 1. The number of halogens is 1. The highest BCUT2D eigenvalue weighted by atomic mass is 35.5. The first-order valence-electron chi connectivity index (χ1n) is 8.08. The summed E-state index contributed by atoms with van der Waals surface area (Å²) >= 11 is 6.35. The summed E-state index contributed by atoms with van der Waals surface area (Å²) in [5.74, 6) is 0.245. The molecule has 6 heteroatoms. The average molecular weight is 342 g/mol. The van der Waals surface area contributed by atoms with E-state index in [0.717, 1.165) is 18.5 Å². The first-order valence-corrected chi connectivity index (χ1v) is 8.46. The molecule has 2 rings (SSSR count). The van der Waals surface area contributed by atoms with E-state index in [0.29, 0.717) is 49.2 Å². The molecule has 1 aromatic carbocycles. The summed E-state index contributed by atoms with van der Waals surface area (Å²) in [7, 11) is 0. The number of aliphatic carboxylic acids is 1. The third kappa shape index (κ3) is 4.75. The van der Waals surface area contributed by atoms with Gasteiger partial charge in [-0.05, 0) is 44.0 Å². The van der Waals surface area contributed by atoms with Gasteiger partial charge in [0.1, 0.15) is 0 Å². The monoisotopic (exact) mass is 341 g/mol. The van der Waals surface area contributed by atoms with Crippen LogP contribution in [0.4, 0.5) is 0 Å². The van der Waals surface area contributed by atoms with Gasteiger partial charge in [-0.2, -0.15) is 0 Å². The van der Waals surface area contributed by atoms with Crippen LogP contribution in [0.2, 0.25) is 5.02 Å². The predicted octanol–water partition coefficient (Wildman–Crippen LogP) is 3.43. The molecule has 0 radical (unpaired) electrons. The largest absolute Gasteiger partial charge is 0.490 e. The Balaban J connectivity index is 2.12. The van der Waals surface area contributed by atoms with Gasteiger partial charge < -0.3 is 14.6 Å². The minimum absolute atomic E-state index is 0.274. The highest BCUT2D eigenvalue weighted by molar-refractivity contribution is 6.32. The second-order valence-electron chi connectivity index (χ2n) is 5.75. The zero-order chi connectivity index (χ0) is 16.8. The highest BCUT2D eigenvalue weighted by Crippen LogP contribution is 2.37. The lowest BCUT2D eigenvalue weighted by atomic mass is 10.1. The lowest BCUT2D eigenvalue weighted by Gasteiger charge is -2.18. The lowest BCUT2D eigenvalue weighted by Crippen LogP contribution is -2.22. The molecule has 1 aliphatic rings. The molecule has 1 fully saturated rings. The van der Waals surface area contributed by atoms with Crippen LogP contribution < -0.4 is 9.47 Å². The number of benzene rings is 1. The summed E-state index contributed by atoms with van der Waals surface area (Å²) in [6.07, 6.45) is 1.59. The van der Waals surface area contributed by atoms with E-state index in [-0.39, 0.29) is 5.92 Å². The molecule has 0 bridgehead atoms. The van der Waals surface area contributed by atoms with E-state index in [4.69, 9.17) is 26.2 Å². The second kappa shape index (κ2) is 8.41. The maximum atomic E-state index is 11.1. The van der Waals surface area contributed by atoms with Crippen LogP contribution in [-0.2, 0) is 11.3 Å². The lowest BCUT2D eigenvalue weighted by molar-refractivity contribution is -0.141. The van der Waals surface area contributed by atoms with Crippen molar-refractivity contribution in [1.82, 2.24) is 4.90 Å². The Morgan fingerprint density at radius 3 is 2.78 bits per heavy atom. The number of likely N-dealkylation sites (tertiary alicyclic amines) is 1. The Morgan fingerprint density at radius 2 is 2.17 bits per heavy atom. The minimum Gasteiger partial charge on any atom is -0.490 e. The van der Waals surface area contributed by atoms with Gasteiger partial charge in [-0.15, -0.1) is 0 Å². The smallest absolute Gasteiger partial charge is 0.307 e. The molecule has 1 aliphatic heterocycles. The molecule has 1 aromatic rings. The van der Waals surface area contributed by atoms with Gasteiger partial charge in [-0.25, -0.2) is 0 Å². The van der Waals surface area contributed by atoms with Gasteiger partial charge >= 0.3 is 5.97 Å². The quantitative estimate of drug-likeness (QED) is 0.785. The molecule has 0 aromatic heterocycles. The van der Waals surface area contributed by atoms with Crippen molar-refractivity contribution in [3.63, 3.8) is 0 Å². The molecular weight excluding hydrogens is 318 g/mol. The van der Waals surface area contributed by atoms with E-state index in [1.165, 1.54) is 0 Å². The number of carboxylic acid groups (broad SMARTS) is 1. The highest BCUT2D eigenvalue weighted by Gasteiger charge is 2.28. The summed E-state index contributed by atoms with van der Waals surface area (Å²) in [4.78, 5) is 13.2. The van der Waals surface area contributed by atoms with Gasteiger partial charge in [0, 0.05) is 13.1 Å². The number of carbonyl (C=O) groups is 1. The van der Waals surface area contributed by atoms with Crippen molar-refractivity contribution >= 4 is 17.6 Å². The minimum atomic E-state index is -0.719. The van der Waals surface area contributed by atoms with Crippen molar-refractivity contribution < 1.29 is 19.4 Å². The fourth-order valence-electron chi connectivity index (χ4n) is 2.76. The van der Waals surface area contributed by atoms with Crippen molar-refractivity contribution in [1.29, 1.82) is 0 Å². The molecule has 0 spiro atoms. The van der Waals surface area contributed by atoms with Gasteiger partial charge in [0.25, 0.3) is 0 Å². The Bertz CT molecular complexity index is 550. The average Bonchev–Trinajstić information content (AvgIpc) is 2.95. The zero-order valence-corrected chi connectivity index (χ0v) is 14.4. The van der Waals surface area contributed by atoms with Crippen molar-refractivity contribution in [2.24, 2.45) is 5.92 Å². The molecule has 128 valence electrons. The Labute approximate surface area is 142 Å². The number of ether oxygens (including phenoxy) is 2. The van der Waals surface area contributed by atoms with E-state index in [1.54, 1.807) is 0 Å². The first kappa shape index (κ1) is 17.9. The van der Waals surface area contributed by atoms with Crippen LogP contribution in [0.5, 0.6) is 11.5 Å². The van der Waals surface area contributed by atoms with E-state index in [9.17, 15) is 4.79 Å². The van der Waals surface area contributed by atoms with Gasteiger partial charge in [-0.3, -0.25) is 9.69 Å². The summed E-state index contributed by atoms with van der Waals surface area (Å²) < 4.78 is 11.4. The van der Waals surface area contributed by atoms with Crippen molar-refractivity contribution in [3.8, 4) is 11.5 Å². The third-order valence-electron chi connectivity index (χ3n) is 3.85. The summed E-state index contributed by atoms with van der Waals surface area (Å²) in [6, 6.07) is 3.82. The topological polar surface area (TPSA) is 59.0 Å². The van der Waals surface area contributed by atoms with E-state index in [1.807, 2.05) is 26.0 Å². The zero-order valence-electron chi connectivity index (χ0n) is 13.7. The predicted molar refractivity (Wildman–Crippen MR) is 89.4 cm³/mol. The maximum absolute atomic E-state index is 11.1. The molecule has 5 nitrogen and oxygen atoms in total. The first-order chi connectivity index (χ1) is 11.0. The molecular formula is C17H24ClNO4. The van der Waals surface area contributed by atoms with Crippen LogP contribution in [0.15, 0.2) is 12.1 Å². The summed E-state index contributed by atoms with van der Waals surface area (Å²) in [5, 5.41) is 9.63. The van der Waals surface area contributed by atoms with Gasteiger partial charge in [0.15, 0.2) is 11.5 Å². The second-order valence-corrected chi connectivity index (χ2v) is 6.15. The fraction of sp³-hybridized carbons (Fsp3) is 0.588. The van der Waals surface area contributed by atoms with Crippen LogP contribution in [0.25, 0.3) is 0 Å². The van der Waals surface area contributed by atoms with Crippen molar-refractivity contribution in [3.05, 3.63) is 22.7 Å². The van der Waals surface area contributed by atoms with Gasteiger partial charge in [0.05, 0.1) is 24.2 Å². The van der Waals surface area contributed by atoms with Crippen LogP contribution in [0.1, 0.15) is 32.3 Å². The molecule has 0 amide bonds. The normalized spacial score (nSPS) is 18.1. The van der Waals surface area contributed by atoms with E-state index >= 15 is 0 Å². The fourth-order valence-corrected chi connectivity index (χ4v) is 3.04. The van der Waals surface area contributed by atoms with E-state index < -0.39 is 5.97 Å². The number of hydrogen-bond acceptors (Lipinski definition) is 4. The molecule has 1 saturated heterocycles. The summed E-state index contributed by atoms with van der Waals surface area (Å²) in [6.45, 7) is 7.10. The summed E-state index contributed by atoms with van der Waals surface area (Å²) in [5.41, 5.74) is 1.01. The molecule has 1 heterocycles. The van der Waals surface area contributed by atoms with Gasteiger partial charge in [-0.1, -0.05) is 18.5 Å². The van der Waals surface area contributed by atoms with Crippen molar-refractivity contribution in [2.75, 3.05) is 26.3 Å².